The number of hydrogen-bond donors (Lipinski definition) is 0. The normalized spacial score (nSPS) is 14.4. The summed E-state index contributed by atoms with van der Waals surface area (Å²) < 4.78 is 5.13. The molecule has 0 unspecified atom stereocenters. The Kier molecular flexibility index (Phi) is 5.01. The van der Waals surface area contributed by atoms with E-state index in [4.69, 9.17) is 16.3 Å². The molecule has 0 radical (unpaired) electrons. The maximum absolute atomic E-state index is 12.6. The third-order valence-corrected chi connectivity index (χ3v) is 3.90. The Morgan fingerprint density at radius 2 is 2.24 bits per heavy atom. The van der Waals surface area contributed by atoms with E-state index in [9.17, 15) is 14.9 Å². The Labute approximate surface area is 127 Å². The van der Waals surface area contributed by atoms with Crippen LogP contribution in [0.15, 0.2) is 18.2 Å². The van der Waals surface area contributed by atoms with Gasteiger partial charge in [0.25, 0.3) is 11.6 Å². The van der Waals surface area contributed by atoms with E-state index in [0.29, 0.717) is 18.0 Å². The smallest absolute Gasteiger partial charge is 0.273 e. The van der Waals surface area contributed by atoms with Crippen molar-refractivity contribution >= 4 is 23.2 Å². The molecule has 1 amide bonds. The molecule has 7 heteroatoms. The van der Waals surface area contributed by atoms with Gasteiger partial charge < -0.3 is 9.64 Å². The van der Waals surface area contributed by atoms with E-state index in [2.05, 4.69) is 0 Å². The monoisotopic (exact) mass is 312 g/mol. The van der Waals surface area contributed by atoms with E-state index in [1.807, 2.05) is 0 Å². The van der Waals surface area contributed by atoms with Crippen molar-refractivity contribution in [1.29, 1.82) is 0 Å². The molecule has 21 heavy (non-hydrogen) atoms. The van der Waals surface area contributed by atoms with Crippen LogP contribution in [0.1, 0.15) is 29.6 Å². The number of carbonyl (C=O) groups is 1. The van der Waals surface area contributed by atoms with Crippen molar-refractivity contribution in [2.45, 2.75) is 25.3 Å². The van der Waals surface area contributed by atoms with Crippen molar-refractivity contribution in [2.75, 3.05) is 19.5 Å². The number of ether oxygens (including phenoxy) is 1. The highest BCUT2D eigenvalue weighted by Gasteiger charge is 2.30. The average Bonchev–Trinajstić information content (AvgIpc) is 2.43. The Hall–Kier alpha value is -1.82. The molecule has 0 saturated heterocycles. The summed E-state index contributed by atoms with van der Waals surface area (Å²) in [6.07, 6.45) is 3.05. The molecule has 0 aromatic heterocycles. The van der Waals surface area contributed by atoms with Gasteiger partial charge in [-0.3, -0.25) is 14.9 Å². The highest BCUT2D eigenvalue weighted by Crippen LogP contribution is 2.30. The van der Waals surface area contributed by atoms with Crippen LogP contribution in [-0.4, -0.2) is 41.3 Å². The van der Waals surface area contributed by atoms with Crippen LogP contribution in [-0.2, 0) is 0 Å². The summed E-state index contributed by atoms with van der Waals surface area (Å²) in [5.41, 5.74) is 0.232. The highest BCUT2D eigenvalue weighted by molar-refractivity contribution is 6.18. The molecule has 6 nitrogen and oxygen atoms in total. The first-order valence-corrected chi connectivity index (χ1v) is 7.31. The third kappa shape index (κ3) is 3.26. The van der Waals surface area contributed by atoms with Crippen molar-refractivity contribution in [2.24, 2.45) is 0 Å². The molecule has 1 aliphatic rings. The number of methoxy groups -OCH3 is 1. The van der Waals surface area contributed by atoms with E-state index in [1.165, 1.54) is 25.3 Å². The second-order valence-corrected chi connectivity index (χ2v) is 5.29. The van der Waals surface area contributed by atoms with Crippen molar-refractivity contribution in [3.63, 3.8) is 0 Å². The molecule has 2 rings (SSSR count). The number of halogens is 1. The van der Waals surface area contributed by atoms with Crippen LogP contribution in [0.3, 0.4) is 0 Å². The van der Waals surface area contributed by atoms with Gasteiger partial charge in [0, 0.05) is 24.5 Å². The largest absolute Gasteiger partial charge is 0.496 e. The number of carbonyl (C=O) groups excluding carboxylic acids is 1. The maximum Gasteiger partial charge on any atom is 0.273 e. The summed E-state index contributed by atoms with van der Waals surface area (Å²) in [5, 5.41) is 10.8. The molecule has 1 aromatic carbocycles. The summed E-state index contributed by atoms with van der Waals surface area (Å²) in [7, 11) is 1.39. The number of alkyl halides is 1. The van der Waals surface area contributed by atoms with E-state index >= 15 is 0 Å². The highest BCUT2D eigenvalue weighted by atomic mass is 35.5. The topological polar surface area (TPSA) is 72.7 Å². The molecule has 1 aromatic rings. The number of nitrogens with zero attached hydrogens (tertiary/aromatic N) is 2. The molecule has 0 spiro atoms. The van der Waals surface area contributed by atoms with Crippen LogP contribution >= 0.6 is 11.6 Å². The Bertz CT molecular complexity index is 546. The van der Waals surface area contributed by atoms with Crippen LogP contribution < -0.4 is 4.74 Å². The van der Waals surface area contributed by atoms with Crippen molar-refractivity contribution in [3.05, 3.63) is 33.9 Å². The summed E-state index contributed by atoms with van der Waals surface area (Å²) in [6, 6.07) is 4.23. The van der Waals surface area contributed by atoms with Gasteiger partial charge >= 0.3 is 0 Å². The molecule has 0 N–H and O–H groups in total. The fourth-order valence-corrected chi connectivity index (χ4v) is 2.55. The van der Waals surface area contributed by atoms with Gasteiger partial charge in [-0.2, -0.15) is 0 Å². The minimum absolute atomic E-state index is 0.101. The van der Waals surface area contributed by atoms with Crippen LogP contribution in [0.5, 0.6) is 5.75 Å². The van der Waals surface area contributed by atoms with E-state index in [0.717, 1.165) is 19.3 Å². The van der Waals surface area contributed by atoms with Crippen molar-refractivity contribution in [3.8, 4) is 5.75 Å². The summed E-state index contributed by atoms with van der Waals surface area (Å²) in [6.45, 7) is 0.463. The van der Waals surface area contributed by atoms with E-state index in [1.54, 1.807) is 4.90 Å². The zero-order chi connectivity index (χ0) is 15.4. The molecule has 1 saturated carbocycles. The fourth-order valence-electron chi connectivity index (χ4n) is 2.36. The fraction of sp³-hybridized carbons (Fsp3) is 0.500. The summed E-state index contributed by atoms with van der Waals surface area (Å²) in [4.78, 5) is 24.7. The molecule has 0 heterocycles. The number of amides is 1. The van der Waals surface area contributed by atoms with Gasteiger partial charge in [-0.05, 0) is 25.3 Å². The lowest BCUT2D eigenvalue weighted by atomic mass is 9.91. The predicted octanol–water partition coefficient (Wildman–Crippen LogP) is 2.84. The van der Waals surface area contributed by atoms with Gasteiger partial charge in [-0.25, -0.2) is 0 Å². The van der Waals surface area contributed by atoms with Gasteiger partial charge in [0.15, 0.2) is 0 Å². The SMILES string of the molecule is COc1cc([N+](=O)[O-])ccc1C(=O)N(CCCl)C1CCC1. The second kappa shape index (κ2) is 6.76. The second-order valence-electron chi connectivity index (χ2n) is 4.91. The number of non-ortho nitro benzene ring substituents is 1. The third-order valence-electron chi connectivity index (χ3n) is 3.73. The lowest BCUT2D eigenvalue weighted by Gasteiger charge is -2.37. The van der Waals surface area contributed by atoms with Gasteiger partial charge in [0.1, 0.15) is 5.75 Å². The van der Waals surface area contributed by atoms with E-state index < -0.39 is 4.92 Å². The molecule has 0 aliphatic heterocycles. The van der Waals surface area contributed by atoms with Crippen LogP contribution in [0, 0.1) is 10.1 Å². The predicted molar refractivity (Wildman–Crippen MR) is 79.0 cm³/mol. The quantitative estimate of drug-likeness (QED) is 0.460. The molecule has 1 fully saturated rings. The number of hydrogen-bond acceptors (Lipinski definition) is 4. The molecule has 1 aliphatic carbocycles. The first-order chi connectivity index (χ1) is 10.1. The first-order valence-electron chi connectivity index (χ1n) is 6.78. The zero-order valence-corrected chi connectivity index (χ0v) is 12.5. The molecule has 0 bridgehead atoms. The number of benzene rings is 1. The Balaban J connectivity index is 2.29. The molecular formula is C14H17ClN2O4. The van der Waals surface area contributed by atoms with Gasteiger partial charge in [0.05, 0.1) is 23.7 Å². The Morgan fingerprint density at radius 1 is 1.52 bits per heavy atom. The van der Waals surface area contributed by atoms with Crippen molar-refractivity contribution < 1.29 is 14.5 Å². The molecular weight excluding hydrogens is 296 g/mol. The summed E-state index contributed by atoms with van der Waals surface area (Å²) >= 11 is 5.78. The minimum Gasteiger partial charge on any atom is -0.496 e. The Morgan fingerprint density at radius 3 is 2.71 bits per heavy atom. The van der Waals surface area contributed by atoms with Gasteiger partial charge in [-0.1, -0.05) is 0 Å². The molecule has 114 valence electrons. The maximum atomic E-state index is 12.6. The lowest BCUT2D eigenvalue weighted by Crippen LogP contribution is -2.45. The average molecular weight is 313 g/mol. The standard InChI is InChI=1S/C14H17ClN2O4/c1-21-13-9-11(17(19)20)5-6-12(13)14(18)16(8-7-15)10-3-2-4-10/h5-6,9-10H,2-4,7-8H2,1H3. The lowest BCUT2D eigenvalue weighted by molar-refractivity contribution is -0.384. The number of nitro benzene ring substituents is 1. The van der Waals surface area contributed by atoms with Crippen LogP contribution in [0.2, 0.25) is 0 Å². The molecule has 0 atom stereocenters. The number of nitro groups is 1. The van der Waals surface area contributed by atoms with Crippen LogP contribution in [0.4, 0.5) is 5.69 Å². The minimum atomic E-state index is -0.515. The van der Waals surface area contributed by atoms with Gasteiger partial charge in [-0.15, -0.1) is 11.6 Å². The van der Waals surface area contributed by atoms with E-state index in [-0.39, 0.29) is 23.4 Å². The van der Waals surface area contributed by atoms with Crippen molar-refractivity contribution in [1.82, 2.24) is 4.90 Å². The first kappa shape index (κ1) is 15.6. The van der Waals surface area contributed by atoms with Gasteiger partial charge in [0.2, 0.25) is 0 Å². The zero-order valence-electron chi connectivity index (χ0n) is 11.8. The summed E-state index contributed by atoms with van der Waals surface area (Å²) in [5.74, 6) is 0.387. The number of rotatable bonds is 6. The van der Waals surface area contributed by atoms with Crippen LogP contribution in [0.25, 0.3) is 0 Å².